The average Bonchev–Trinajstić information content (AvgIpc) is 3.02. The minimum Gasteiger partial charge on any atom is -0.327 e. The Balaban J connectivity index is 1.66. The first-order chi connectivity index (χ1) is 13.9. The predicted molar refractivity (Wildman–Crippen MR) is 120 cm³/mol. The van der Waals surface area contributed by atoms with Gasteiger partial charge in [0.25, 0.3) is 5.91 Å². The van der Waals surface area contributed by atoms with Crippen LogP contribution in [0, 0.1) is 13.8 Å². The molecule has 3 aromatic rings. The van der Waals surface area contributed by atoms with Gasteiger partial charge in [0, 0.05) is 42.4 Å². The molecule has 2 heterocycles. The van der Waals surface area contributed by atoms with Gasteiger partial charge in [-0.2, -0.15) is 0 Å². The molecule has 1 aromatic heterocycles. The van der Waals surface area contributed by atoms with Crippen molar-refractivity contribution in [3.63, 3.8) is 0 Å². The van der Waals surface area contributed by atoms with E-state index in [0.717, 1.165) is 57.7 Å². The molecule has 2 aromatic carbocycles. The van der Waals surface area contributed by atoms with E-state index in [2.05, 4.69) is 57.2 Å². The summed E-state index contributed by atoms with van der Waals surface area (Å²) < 4.78 is 3.02. The minimum atomic E-state index is -0.171. The molecule has 0 aliphatic carbocycles. The fourth-order valence-corrected chi connectivity index (χ4v) is 4.37. The molecular formula is C23H25BrN4O. The van der Waals surface area contributed by atoms with Gasteiger partial charge in [-0.25, -0.2) is 4.98 Å². The number of nitrogens with zero attached hydrogens (tertiary/aromatic N) is 3. The Bertz CT molecular complexity index is 1100. The highest BCUT2D eigenvalue weighted by Crippen LogP contribution is 2.33. The van der Waals surface area contributed by atoms with Crippen molar-refractivity contribution in [1.82, 2.24) is 14.5 Å². The summed E-state index contributed by atoms with van der Waals surface area (Å²) in [5.74, 6) is 0.296. The molecule has 6 heteroatoms. The van der Waals surface area contributed by atoms with Crippen LogP contribution in [-0.2, 0) is 20.0 Å². The van der Waals surface area contributed by atoms with Crippen molar-refractivity contribution in [2.45, 2.75) is 26.8 Å². The van der Waals surface area contributed by atoms with Gasteiger partial charge in [-0.1, -0.05) is 40.2 Å². The molecule has 0 unspecified atom stereocenters. The van der Waals surface area contributed by atoms with Gasteiger partial charge < -0.3 is 14.8 Å². The number of carbonyl (C=O) groups is 1. The molecule has 150 valence electrons. The topological polar surface area (TPSA) is 50.2 Å². The highest BCUT2D eigenvalue weighted by Gasteiger charge is 2.24. The van der Waals surface area contributed by atoms with Crippen molar-refractivity contribution in [2.75, 3.05) is 18.9 Å². The van der Waals surface area contributed by atoms with Gasteiger partial charge in [-0.3, -0.25) is 4.79 Å². The second kappa shape index (κ2) is 7.76. The van der Waals surface area contributed by atoms with Crippen LogP contribution in [0.2, 0.25) is 0 Å². The molecule has 5 nitrogen and oxygen atoms in total. The number of benzene rings is 2. The van der Waals surface area contributed by atoms with E-state index in [1.807, 2.05) is 42.8 Å². The summed E-state index contributed by atoms with van der Waals surface area (Å²) in [7, 11) is 4.01. The lowest BCUT2D eigenvalue weighted by molar-refractivity contribution is 0.101. The summed E-state index contributed by atoms with van der Waals surface area (Å²) in [4.78, 5) is 19.9. The lowest BCUT2D eigenvalue weighted by Gasteiger charge is -2.21. The maximum absolute atomic E-state index is 13.0. The zero-order valence-electron chi connectivity index (χ0n) is 17.2. The summed E-state index contributed by atoms with van der Waals surface area (Å²) in [6.07, 6.45) is 0.916. The molecule has 1 aliphatic heterocycles. The normalized spacial score (nSPS) is 14.0. The quantitative estimate of drug-likeness (QED) is 0.625. The van der Waals surface area contributed by atoms with E-state index in [9.17, 15) is 4.79 Å². The Morgan fingerprint density at radius 3 is 2.52 bits per heavy atom. The van der Waals surface area contributed by atoms with Crippen molar-refractivity contribution < 1.29 is 4.79 Å². The molecule has 0 atom stereocenters. The van der Waals surface area contributed by atoms with E-state index >= 15 is 0 Å². The van der Waals surface area contributed by atoms with Gasteiger partial charge >= 0.3 is 0 Å². The van der Waals surface area contributed by atoms with Crippen LogP contribution in [0.1, 0.15) is 33.1 Å². The number of halogens is 1. The van der Waals surface area contributed by atoms with Gasteiger partial charge in [0.1, 0.15) is 0 Å². The number of carbonyl (C=O) groups excluding carboxylic acids is 1. The number of nitrogens with one attached hydrogen (secondary N) is 1. The number of likely N-dealkylation sites (N-methyl/N-ethyl adjacent to an activating group) is 1. The number of hydrogen-bond acceptors (Lipinski definition) is 3. The Hall–Kier alpha value is -2.44. The van der Waals surface area contributed by atoms with E-state index in [0.29, 0.717) is 5.82 Å². The molecule has 0 saturated heterocycles. The third-order valence-corrected chi connectivity index (χ3v) is 6.65. The van der Waals surface area contributed by atoms with Gasteiger partial charge in [-0.05, 0) is 55.3 Å². The summed E-state index contributed by atoms with van der Waals surface area (Å²) in [5, 5.41) is 3.08. The minimum absolute atomic E-state index is 0.171. The van der Waals surface area contributed by atoms with E-state index in [1.54, 1.807) is 0 Å². The van der Waals surface area contributed by atoms with Gasteiger partial charge in [0.05, 0.1) is 5.69 Å². The van der Waals surface area contributed by atoms with Gasteiger partial charge in [-0.15, -0.1) is 0 Å². The number of anilines is 1. The average molecular weight is 453 g/mol. The van der Waals surface area contributed by atoms with Crippen LogP contribution in [0.5, 0.6) is 0 Å². The Kier molecular flexibility index (Phi) is 5.32. The van der Waals surface area contributed by atoms with Crippen molar-refractivity contribution in [1.29, 1.82) is 0 Å². The SMILES string of the molecule is Cc1c(Br)cccc1-c1cccc(NC(=O)c2nc3c(n2C)CCN(C)C3)c1C. The number of amides is 1. The van der Waals surface area contributed by atoms with Gasteiger partial charge in [0.2, 0.25) is 0 Å². The molecule has 0 spiro atoms. The Morgan fingerprint density at radius 2 is 1.76 bits per heavy atom. The smallest absolute Gasteiger partial charge is 0.291 e. The lowest BCUT2D eigenvalue weighted by atomic mass is 9.95. The number of fused-ring (bicyclic) bond motifs is 1. The number of rotatable bonds is 3. The maximum Gasteiger partial charge on any atom is 0.291 e. The fourth-order valence-electron chi connectivity index (χ4n) is 4.00. The zero-order chi connectivity index (χ0) is 20.7. The third kappa shape index (κ3) is 3.63. The number of imidazole rings is 1. The molecule has 29 heavy (non-hydrogen) atoms. The van der Waals surface area contributed by atoms with Crippen LogP contribution in [0.3, 0.4) is 0 Å². The first-order valence-corrected chi connectivity index (χ1v) is 10.6. The van der Waals surface area contributed by atoms with Crippen LogP contribution in [-0.4, -0.2) is 34.0 Å². The van der Waals surface area contributed by atoms with E-state index in [4.69, 9.17) is 0 Å². The molecule has 0 bridgehead atoms. The molecule has 0 saturated carbocycles. The van der Waals surface area contributed by atoms with E-state index in [-0.39, 0.29) is 5.91 Å². The second-order valence-electron chi connectivity index (χ2n) is 7.72. The Morgan fingerprint density at radius 1 is 1.07 bits per heavy atom. The largest absolute Gasteiger partial charge is 0.327 e. The molecule has 0 radical (unpaired) electrons. The van der Waals surface area contributed by atoms with Crippen LogP contribution < -0.4 is 5.32 Å². The molecule has 1 N–H and O–H groups in total. The Labute approximate surface area is 179 Å². The standard InChI is InChI=1S/C23H25BrN4O/c1-14-16(7-5-9-18(14)24)17-8-6-10-19(15(17)2)26-23(29)22-25-20-13-27(3)12-11-21(20)28(22)4/h5-10H,11-13H2,1-4H3,(H,26,29). The molecule has 1 aliphatic rings. The number of aromatic nitrogens is 2. The second-order valence-corrected chi connectivity index (χ2v) is 8.57. The summed E-state index contributed by atoms with van der Waals surface area (Å²) in [6.45, 7) is 5.91. The van der Waals surface area contributed by atoms with E-state index < -0.39 is 0 Å². The highest BCUT2D eigenvalue weighted by atomic mass is 79.9. The number of hydrogen-bond donors (Lipinski definition) is 1. The molecular weight excluding hydrogens is 428 g/mol. The summed E-state index contributed by atoms with van der Waals surface area (Å²) >= 11 is 3.61. The predicted octanol–water partition coefficient (Wildman–Crippen LogP) is 4.71. The maximum atomic E-state index is 13.0. The zero-order valence-corrected chi connectivity index (χ0v) is 18.8. The lowest BCUT2D eigenvalue weighted by Crippen LogP contribution is -2.27. The van der Waals surface area contributed by atoms with Crippen molar-refractivity contribution >= 4 is 27.5 Å². The van der Waals surface area contributed by atoms with Crippen molar-refractivity contribution in [2.24, 2.45) is 7.05 Å². The monoisotopic (exact) mass is 452 g/mol. The first kappa shape index (κ1) is 19.9. The van der Waals surface area contributed by atoms with Crippen LogP contribution in [0.15, 0.2) is 40.9 Å². The molecule has 4 rings (SSSR count). The summed E-state index contributed by atoms with van der Waals surface area (Å²) in [5.41, 5.74) is 7.46. The van der Waals surface area contributed by atoms with Crippen LogP contribution in [0.25, 0.3) is 11.1 Å². The molecule has 1 amide bonds. The van der Waals surface area contributed by atoms with Crippen molar-refractivity contribution in [3.8, 4) is 11.1 Å². The molecule has 0 fully saturated rings. The summed E-state index contributed by atoms with van der Waals surface area (Å²) in [6, 6.07) is 12.2. The highest BCUT2D eigenvalue weighted by molar-refractivity contribution is 9.10. The third-order valence-electron chi connectivity index (χ3n) is 5.79. The van der Waals surface area contributed by atoms with Crippen molar-refractivity contribution in [3.05, 3.63) is 69.2 Å². The van der Waals surface area contributed by atoms with Crippen LogP contribution >= 0.6 is 15.9 Å². The fraction of sp³-hybridized carbons (Fsp3) is 0.304. The van der Waals surface area contributed by atoms with Gasteiger partial charge in [0.15, 0.2) is 5.82 Å². The van der Waals surface area contributed by atoms with E-state index in [1.165, 1.54) is 5.56 Å². The van der Waals surface area contributed by atoms with Crippen LogP contribution in [0.4, 0.5) is 5.69 Å². The first-order valence-electron chi connectivity index (χ1n) is 9.76.